The number of anilines is 1. The molecule has 0 bridgehead atoms. The van der Waals surface area contributed by atoms with E-state index in [1.165, 1.54) is 16.7 Å². The van der Waals surface area contributed by atoms with E-state index in [1.807, 2.05) is 0 Å². The number of nitrogens with zero attached hydrogens (tertiary/aromatic N) is 2. The molecule has 2 rings (SSSR count). The van der Waals surface area contributed by atoms with Crippen molar-refractivity contribution >= 4 is 29.4 Å². The van der Waals surface area contributed by atoms with E-state index in [-0.39, 0.29) is 0 Å². The van der Waals surface area contributed by atoms with E-state index in [1.54, 1.807) is 13.8 Å². The molecule has 0 unspecified atom stereocenters. The lowest BCUT2D eigenvalue weighted by Crippen LogP contribution is -2.44. The molecule has 98 valence electrons. The summed E-state index contributed by atoms with van der Waals surface area (Å²) in [6.07, 6.45) is 0. The Morgan fingerprint density at radius 2 is 2.28 bits per heavy atom. The summed E-state index contributed by atoms with van der Waals surface area (Å²) in [4.78, 5) is 24.3. The van der Waals surface area contributed by atoms with Gasteiger partial charge in [0.15, 0.2) is 0 Å². The van der Waals surface area contributed by atoms with Crippen molar-refractivity contribution in [3.63, 3.8) is 0 Å². The normalized spacial score (nSPS) is 19.0. The Morgan fingerprint density at radius 3 is 2.83 bits per heavy atom. The number of hydrogen-bond donors (Lipinski definition) is 3. The molecule has 1 saturated heterocycles. The van der Waals surface area contributed by atoms with Gasteiger partial charge in [0.05, 0.1) is 23.0 Å². The average molecular weight is 270 g/mol. The van der Waals surface area contributed by atoms with Crippen LogP contribution in [0.4, 0.5) is 10.5 Å². The molecule has 1 aliphatic rings. The standard InChI is InChI=1S/C10H14N4O3S/c1-5-8(6(2)13-12-5)11-10(17)14-4-18-3-7(14)9(15)16/h7H,3-4H2,1-2H3,(H,11,17)(H,12,13)(H,15,16)/t7-/m0/s1. The molecular weight excluding hydrogens is 256 g/mol. The number of carboxylic acid groups (broad SMARTS) is 1. The van der Waals surface area contributed by atoms with Gasteiger partial charge in [-0.1, -0.05) is 0 Å². The number of hydrogen-bond acceptors (Lipinski definition) is 4. The van der Waals surface area contributed by atoms with Crippen LogP contribution < -0.4 is 5.32 Å². The summed E-state index contributed by atoms with van der Waals surface area (Å²) in [5, 5.41) is 18.4. The maximum atomic E-state index is 12.0. The van der Waals surface area contributed by atoms with Gasteiger partial charge in [0.25, 0.3) is 0 Å². The van der Waals surface area contributed by atoms with Gasteiger partial charge in [-0.25, -0.2) is 9.59 Å². The van der Waals surface area contributed by atoms with Crippen LogP contribution in [0.25, 0.3) is 0 Å². The molecule has 7 nitrogen and oxygen atoms in total. The Kier molecular flexibility index (Phi) is 3.46. The number of thioether (sulfide) groups is 1. The fraction of sp³-hybridized carbons (Fsp3) is 0.500. The van der Waals surface area contributed by atoms with Gasteiger partial charge in [-0.2, -0.15) is 5.10 Å². The number of carboxylic acids is 1. The lowest BCUT2D eigenvalue weighted by Gasteiger charge is -2.20. The van der Waals surface area contributed by atoms with Crippen LogP contribution in [-0.4, -0.2) is 49.9 Å². The molecule has 0 radical (unpaired) electrons. The van der Waals surface area contributed by atoms with Gasteiger partial charge in [-0.15, -0.1) is 11.8 Å². The summed E-state index contributed by atoms with van der Waals surface area (Å²) in [5.74, 6) is -0.166. The van der Waals surface area contributed by atoms with Crippen LogP contribution in [0.2, 0.25) is 0 Å². The smallest absolute Gasteiger partial charge is 0.327 e. The van der Waals surface area contributed by atoms with Gasteiger partial charge in [-0.05, 0) is 13.8 Å². The maximum absolute atomic E-state index is 12.0. The molecule has 2 amide bonds. The number of amides is 2. The first-order chi connectivity index (χ1) is 8.50. The average Bonchev–Trinajstić information content (AvgIpc) is 2.90. The zero-order valence-electron chi connectivity index (χ0n) is 10.1. The number of aryl methyl sites for hydroxylation is 2. The number of aliphatic carboxylic acids is 1. The fourth-order valence-corrected chi connectivity index (χ4v) is 2.91. The van der Waals surface area contributed by atoms with Crippen molar-refractivity contribution in [2.45, 2.75) is 19.9 Å². The molecule has 18 heavy (non-hydrogen) atoms. The van der Waals surface area contributed by atoms with Crippen LogP contribution in [-0.2, 0) is 4.79 Å². The van der Waals surface area contributed by atoms with Gasteiger partial charge in [0.2, 0.25) is 0 Å². The third-order valence-electron chi connectivity index (χ3n) is 2.79. The Morgan fingerprint density at radius 1 is 1.56 bits per heavy atom. The molecule has 0 aliphatic carbocycles. The maximum Gasteiger partial charge on any atom is 0.327 e. The van der Waals surface area contributed by atoms with E-state index in [9.17, 15) is 9.59 Å². The van der Waals surface area contributed by atoms with E-state index in [0.29, 0.717) is 23.0 Å². The highest BCUT2D eigenvalue weighted by molar-refractivity contribution is 7.99. The number of aromatic amines is 1. The topological polar surface area (TPSA) is 98.3 Å². The first kappa shape index (κ1) is 12.7. The van der Waals surface area contributed by atoms with E-state index in [2.05, 4.69) is 15.5 Å². The molecule has 0 aromatic carbocycles. The molecule has 1 aromatic rings. The van der Waals surface area contributed by atoms with E-state index >= 15 is 0 Å². The zero-order valence-corrected chi connectivity index (χ0v) is 10.9. The second-order valence-corrected chi connectivity index (χ2v) is 5.06. The second kappa shape index (κ2) is 4.89. The minimum absolute atomic E-state index is 0.388. The van der Waals surface area contributed by atoms with Crippen LogP contribution in [0, 0.1) is 13.8 Å². The minimum atomic E-state index is -0.976. The van der Waals surface area contributed by atoms with Crippen LogP contribution in [0.5, 0.6) is 0 Å². The van der Waals surface area contributed by atoms with Crippen molar-refractivity contribution < 1.29 is 14.7 Å². The Labute approximate surface area is 108 Å². The number of aromatic nitrogens is 2. The highest BCUT2D eigenvalue weighted by Gasteiger charge is 2.35. The van der Waals surface area contributed by atoms with Crippen LogP contribution in [0.1, 0.15) is 11.4 Å². The highest BCUT2D eigenvalue weighted by atomic mass is 32.2. The van der Waals surface area contributed by atoms with Crippen molar-refractivity contribution in [2.75, 3.05) is 16.9 Å². The summed E-state index contributed by atoms with van der Waals surface area (Å²) in [6.45, 7) is 3.57. The lowest BCUT2D eigenvalue weighted by atomic mass is 10.3. The quantitative estimate of drug-likeness (QED) is 0.745. The molecule has 1 aromatic heterocycles. The van der Waals surface area contributed by atoms with Gasteiger partial charge in [-0.3, -0.25) is 5.10 Å². The monoisotopic (exact) mass is 270 g/mol. The van der Waals surface area contributed by atoms with Crippen LogP contribution in [0.3, 0.4) is 0 Å². The summed E-state index contributed by atoms with van der Waals surface area (Å²) in [6, 6.07) is -1.16. The Balaban J connectivity index is 2.11. The molecule has 1 atom stereocenters. The summed E-state index contributed by atoms with van der Waals surface area (Å²) < 4.78 is 0. The molecule has 0 saturated carbocycles. The van der Waals surface area contributed by atoms with Gasteiger partial charge >= 0.3 is 12.0 Å². The SMILES string of the molecule is Cc1n[nH]c(C)c1NC(=O)N1CSC[C@H]1C(=O)O. The summed E-state index contributed by atoms with van der Waals surface area (Å²) >= 11 is 1.43. The molecule has 8 heteroatoms. The van der Waals surface area contributed by atoms with E-state index in [0.717, 1.165) is 5.69 Å². The Bertz CT molecular complexity index is 468. The number of rotatable bonds is 2. The molecule has 3 N–H and O–H groups in total. The van der Waals surface area contributed by atoms with Crippen molar-refractivity contribution in [1.82, 2.24) is 15.1 Å². The highest BCUT2D eigenvalue weighted by Crippen LogP contribution is 2.23. The predicted octanol–water partition coefficient (Wildman–Crippen LogP) is 1.02. The first-order valence-corrected chi connectivity index (χ1v) is 6.56. The van der Waals surface area contributed by atoms with Crippen molar-refractivity contribution in [3.05, 3.63) is 11.4 Å². The number of nitrogens with one attached hydrogen (secondary N) is 2. The van der Waals surface area contributed by atoms with E-state index < -0.39 is 18.0 Å². The lowest BCUT2D eigenvalue weighted by molar-refractivity contribution is -0.140. The molecule has 1 aliphatic heterocycles. The van der Waals surface area contributed by atoms with Crippen molar-refractivity contribution in [2.24, 2.45) is 0 Å². The summed E-state index contributed by atoms with van der Waals surface area (Å²) in [5.41, 5.74) is 2.04. The molecule has 2 heterocycles. The number of H-pyrrole nitrogens is 1. The third-order valence-corrected chi connectivity index (χ3v) is 3.80. The number of urea groups is 1. The molecule has 0 spiro atoms. The second-order valence-electron chi connectivity index (χ2n) is 4.06. The van der Waals surface area contributed by atoms with Crippen LogP contribution in [0.15, 0.2) is 0 Å². The van der Waals surface area contributed by atoms with Gasteiger partial charge < -0.3 is 15.3 Å². The zero-order chi connectivity index (χ0) is 13.3. The molecule has 1 fully saturated rings. The third kappa shape index (κ3) is 2.28. The van der Waals surface area contributed by atoms with Crippen molar-refractivity contribution in [3.8, 4) is 0 Å². The largest absolute Gasteiger partial charge is 0.480 e. The molecular formula is C10H14N4O3S. The summed E-state index contributed by atoms with van der Waals surface area (Å²) in [7, 11) is 0. The first-order valence-electron chi connectivity index (χ1n) is 5.40. The van der Waals surface area contributed by atoms with Crippen molar-refractivity contribution in [1.29, 1.82) is 0 Å². The number of carbonyl (C=O) groups is 2. The Hall–Kier alpha value is -1.70. The fourth-order valence-electron chi connectivity index (χ4n) is 1.76. The van der Waals surface area contributed by atoms with E-state index in [4.69, 9.17) is 5.11 Å². The van der Waals surface area contributed by atoms with Crippen LogP contribution >= 0.6 is 11.8 Å². The number of carbonyl (C=O) groups excluding carboxylic acids is 1. The van der Waals surface area contributed by atoms with Gasteiger partial charge in [0.1, 0.15) is 6.04 Å². The minimum Gasteiger partial charge on any atom is -0.480 e. The van der Waals surface area contributed by atoms with Gasteiger partial charge in [0, 0.05) is 5.75 Å². The predicted molar refractivity (Wildman–Crippen MR) is 67.7 cm³/mol.